The van der Waals surface area contributed by atoms with E-state index in [4.69, 9.17) is 0 Å². The largest absolute Gasteiger partial charge is 0.508 e. The maximum atomic E-state index is 9.24. The Morgan fingerprint density at radius 3 is 2.67 bits per heavy atom. The predicted molar refractivity (Wildman–Crippen MR) is 60.9 cm³/mol. The van der Waals surface area contributed by atoms with E-state index < -0.39 is 0 Å². The Kier molecular flexibility index (Phi) is 3.23. The van der Waals surface area contributed by atoms with E-state index in [1.807, 2.05) is 19.2 Å². The van der Waals surface area contributed by atoms with Gasteiger partial charge >= 0.3 is 0 Å². The molecule has 0 bridgehead atoms. The lowest BCUT2D eigenvalue weighted by molar-refractivity contribution is 0.409. The number of nitrogens with one attached hydrogen (secondary N) is 2. The van der Waals surface area contributed by atoms with Crippen LogP contribution in [0.1, 0.15) is 18.0 Å². The fraction of sp³-hybridized carbons (Fsp3) is 0.500. The van der Waals surface area contributed by atoms with Crippen LogP contribution < -0.4 is 10.6 Å². The lowest BCUT2D eigenvalue weighted by atomic mass is 9.92. The third kappa shape index (κ3) is 2.30. The smallest absolute Gasteiger partial charge is 0.115 e. The number of phenols is 1. The highest BCUT2D eigenvalue weighted by atomic mass is 16.3. The first-order valence-corrected chi connectivity index (χ1v) is 5.48. The van der Waals surface area contributed by atoms with Gasteiger partial charge in [0.15, 0.2) is 0 Å². The van der Waals surface area contributed by atoms with E-state index in [1.165, 1.54) is 12.0 Å². The summed E-state index contributed by atoms with van der Waals surface area (Å²) in [6.45, 7) is 2.19. The summed E-state index contributed by atoms with van der Waals surface area (Å²) in [7, 11) is 2.00. The normalized spacial score (nSPS) is 22.9. The summed E-state index contributed by atoms with van der Waals surface area (Å²) in [4.78, 5) is 0. The molecule has 82 valence electrons. The molecule has 1 aromatic carbocycles. The van der Waals surface area contributed by atoms with Gasteiger partial charge in [0.1, 0.15) is 5.75 Å². The molecule has 0 aliphatic carbocycles. The summed E-state index contributed by atoms with van der Waals surface area (Å²) in [5.74, 6) is 0.984. The zero-order chi connectivity index (χ0) is 10.7. The van der Waals surface area contributed by atoms with Gasteiger partial charge in [0, 0.05) is 6.04 Å². The van der Waals surface area contributed by atoms with E-state index in [0.29, 0.717) is 17.7 Å². The first-order valence-electron chi connectivity index (χ1n) is 5.48. The molecule has 0 aromatic heterocycles. The third-order valence-corrected chi connectivity index (χ3v) is 3.13. The van der Waals surface area contributed by atoms with Gasteiger partial charge in [-0.15, -0.1) is 0 Å². The molecule has 1 heterocycles. The van der Waals surface area contributed by atoms with Gasteiger partial charge in [0.25, 0.3) is 0 Å². The third-order valence-electron chi connectivity index (χ3n) is 3.13. The van der Waals surface area contributed by atoms with Crippen LogP contribution in [0.3, 0.4) is 0 Å². The molecule has 3 heteroatoms. The van der Waals surface area contributed by atoms with Gasteiger partial charge < -0.3 is 15.7 Å². The minimum atomic E-state index is 0.332. The lowest BCUT2D eigenvalue weighted by Gasteiger charge is -2.22. The summed E-state index contributed by atoms with van der Waals surface area (Å²) in [5, 5.41) is 16.0. The summed E-state index contributed by atoms with van der Waals surface area (Å²) in [6.07, 6.45) is 1.21. The number of aromatic hydroxyl groups is 1. The van der Waals surface area contributed by atoms with Crippen LogP contribution in [0.5, 0.6) is 5.75 Å². The second-order valence-electron chi connectivity index (χ2n) is 4.11. The molecule has 2 unspecified atom stereocenters. The van der Waals surface area contributed by atoms with Crippen molar-refractivity contribution in [2.24, 2.45) is 5.92 Å². The zero-order valence-electron chi connectivity index (χ0n) is 9.03. The van der Waals surface area contributed by atoms with Crippen LogP contribution in [0.4, 0.5) is 0 Å². The van der Waals surface area contributed by atoms with Crippen molar-refractivity contribution in [3.05, 3.63) is 29.8 Å². The van der Waals surface area contributed by atoms with E-state index >= 15 is 0 Å². The van der Waals surface area contributed by atoms with Crippen LogP contribution in [0.2, 0.25) is 0 Å². The van der Waals surface area contributed by atoms with Crippen LogP contribution in [-0.2, 0) is 0 Å². The van der Waals surface area contributed by atoms with Crippen molar-refractivity contribution < 1.29 is 5.11 Å². The van der Waals surface area contributed by atoms with E-state index in [1.54, 1.807) is 12.1 Å². The Labute approximate surface area is 90.5 Å². The number of rotatable bonds is 3. The summed E-state index contributed by atoms with van der Waals surface area (Å²) >= 11 is 0. The maximum absolute atomic E-state index is 9.24. The van der Waals surface area contributed by atoms with E-state index in [2.05, 4.69) is 10.6 Å². The van der Waals surface area contributed by atoms with Crippen molar-refractivity contribution in [1.82, 2.24) is 10.6 Å². The molecule has 3 N–H and O–H groups in total. The van der Waals surface area contributed by atoms with E-state index in [9.17, 15) is 5.11 Å². The van der Waals surface area contributed by atoms with Crippen LogP contribution in [0.25, 0.3) is 0 Å². The van der Waals surface area contributed by atoms with Crippen LogP contribution >= 0.6 is 0 Å². The highest BCUT2D eigenvalue weighted by molar-refractivity contribution is 5.28. The molecule has 0 saturated carbocycles. The van der Waals surface area contributed by atoms with Crippen molar-refractivity contribution in [2.45, 2.75) is 12.5 Å². The molecule has 0 amide bonds. The van der Waals surface area contributed by atoms with Gasteiger partial charge in [-0.2, -0.15) is 0 Å². The van der Waals surface area contributed by atoms with Crippen molar-refractivity contribution in [2.75, 3.05) is 20.1 Å². The fourth-order valence-electron chi connectivity index (χ4n) is 2.32. The zero-order valence-corrected chi connectivity index (χ0v) is 9.03. The summed E-state index contributed by atoms with van der Waals surface area (Å²) in [5.41, 5.74) is 1.25. The first kappa shape index (κ1) is 10.5. The molecule has 1 saturated heterocycles. The van der Waals surface area contributed by atoms with E-state index in [0.717, 1.165) is 13.1 Å². The van der Waals surface area contributed by atoms with Gasteiger partial charge in [-0.1, -0.05) is 12.1 Å². The van der Waals surface area contributed by atoms with Gasteiger partial charge in [-0.25, -0.2) is 0 Å². The lowest BCUT2D eigenvalue weighted by Crippen LogP contribution is -2.26. The highest BCUT2D eigenvalue weighted by Gasteiger charge is 2.24. The molecule has 1 aliphatic heterocycles. The minimum Gasteiger partial charge on any atom is -0.508 e. The Morgan fingerprint density at radius 1 is 1.40 bits per heavy atom. The van der Waals surface area contributed by atoms with Crippen molar-refractivity contribution >= 4 is 0 Å². The topological polar surface area (TPSA) is 44.3 Å². The second-order valence-corrected chi connectivity index (χ2v) is 4.11. The maximum Gasteiger partial charge on any atom is 0.115 e. The standard InChI is InChI=1S/C12H18N2O/c1-13-12(10-6-7-14-8-10)9-2-4-11(15)5-3-9/h2-5,10,12-15H,6-8H2,1H3. The quantitative estimate of drug-likeness (QED) is 0.697. The number of hydrogen-bond donors (Lipinski definition) is 3. The molecular formula is C12H18N2O. The summed E-state index contributed by atoms with van der Waals surface area (Å²) < 4.78 is 0. The first-order chi connectivity index (χ1) is 7.31. The Bertz CT molecular complexity index is 304. The number of hydrogen-bond acceptors (Lipinski definition) is 3. The monoisotopic (exact) mass is 206 g/mol. The average molecular weight is 206 g/mol. The van der Waals surface area contributed by atoms with Crippen LogP contribution in [0, 0.1) is 5.92 Å². The molecule has 15 heavy (non-hydrogen) atoms. The van der Waals surface area contributed by atoms with E-state index in [-0.39, 0.29) is 0 Å². The van der Waals surface area contributed by atoms with Gasteiger partial charge in [0.2, 0.25) is 0 Å². The predicted octanol–water partition coefficient (Wildman–Crippen LogP) is 1.26. The molecule has 1 fully saturated rings. The Hall–Kier alpha value is -1.06. The Morgan fingerprint density at radius 2 is 2.13 bits per heavy atom. The van der Waals surface area contributed by atoms with Crippen LogP contribution in [-0.4, -0.2) is 25.2 Å². The van der Waals surface area contributed by atoms with Crippen molar-refractivity contribution in [3.8, 4) is 5.75 Å². The molecule has 3 nitrogen and oxygen atoms in total. The fourth-order valence-corrected chi connectivity index (χ4v) is 2.32. The number of benzene rings is 1. The molecule has 0 spiro atoms. The molecule has 2 rings (SSSR count). The molecular weight excluding hydrogens is 188 g/mol. The number of phenolic OH excluding ortho intramolecular Hbond substituents is 1. The van der Waals surface area contributed by atoms with Gasteiger partial charge in [0.05, 0.1) is 0 Å². The van der Waals surface area contributed by atoms with Crippen molar-refractivity contribution in [3.63, 3.8) is 0 Å². The second kappa shape index (κ2) is 4.64. The summed E-state index contributed by atoms with van der Waals surface area (Å²) in [6, 6.07) is 7.88. The minimum absolute atomic E-state index is 0.332. The molecule has 1 aliphatic rings. The van der Waals surface area contributed by atoms with Crippen LogP contribution in [0.15, 0.2) is 24.3 Å². The highest BCUT2D eigenvalue weighted by Crippen LogP contribution is 2.27. The Balaban J connectivity index is 2.14. The molecule has 1 aromatic rings. The van der Waals surface area contributed by atoms with Gasteiger partial charge in [-0.05, 0) is 50.2 Å². The SMILES string of the molecule is CNC(c1ccc(O)cc1)C1CCNC1. The van der Waals surface area contributed by atoms with Gasteiger partial charge in [-0.3, -0.25) is 0 Å². The average Bonchev–Trinajstić information content (AvgIpc) is 2.75. The van der Waals surface area contributed by atoms with Crippen molar-refractivity contribution in [1.29, 1.82) is 0 Å². The molecule has 0 radical (unpaired) electrons. The molecule has 2 atom stereocenters.